The highest BCUT2D eigenvalue weighted by Crippen LogP contribution is 2.20. The standard InChI is InChI=1S/C10H14ClN5O/c1-6-10(11)9(15(3)13-6)5-16-4-8(7(2)17)12-14-16/h4,7,17H,5H2,1-3H3. The second kappa shape index (κ2) is 4.46. The number of aryl methyl sites for hydroxylation is 2. The van der Waals surface area contributed by atoms with Crippen LogP contribution >= 0.6 is 11.6 Å². The van der Waals surface area contributed by atoms with Crippen LogP contribution in [0.1, 0.15) is 30.1 Å². The average molecular weight is 256 g/mol. The van der Waals surface area contributed by atoms with Crippen molar-refractivity contribution in [2.24, 2.45) is 7.05 Å². The van der Waals surface area contributed by atoms with Crippen molar-refractivity contribution >= 4 is 11.6 Å². The molecule has 0 aliphatic carbocycles. The highest BCUT2D eigenvalue weighted by atomic mass is 35.5. The molecule has 2 aromatic rings. The zero-order chi connectivity index (χ0) is 12.6. The number of hydrogen-bond donors (Lipinski definition) is 1. The van der Waals surface area contributed by atoms with Gasteiger partial charge >= 0.3 is 0 Å². The van der Waals surface area contributed by atoms with Crippen molar-refractivity contribution in [3.8, 4) is 0 Å². The van der Waals surface area contributed by atoms with E-state index < -0.39 is 6.10 Å². The molecule has 0 saturated carbocycles. The number of aliphatic hydroxyl groups excluding tert-OH is 1. The van der Waals surface area contributed by atoms with Crippen LogP contribution in [0.4, 0.5) is 0 Å². The van der Waals surface area contributed by atoms with Crippen LogP contribution in [0.2, 0.25) is 5.02 Å². The van der Waals surface area contributed by atoms with Crippen molar-refractivity contribution < 1.29 is 5.11 Å². The Hall–Kier alpha value is -1.40. The maximum Gasteiger partial charge on any atom is 0.111 e. The molecule has 2 rings (SSSR count). The minimum absolute atomic E-state index is 0.482. The maximum absolute atomic E-state index is 9.36. The van der Waals surface area contributed by atoms with Crippen molar-refractivity contribution in [2.45, 2.75) is 26.5 Å². The van der Waals surface area contributed by atoms with E-state index in [2.05, 4.69) is 15.4 Å². The van der Waals surface area contributed by atoms with E-state index in [-0.39, 0.29) is 0 Å². The Morgan fingerprint density at radius 1 is 1.53 bits per heavy atom. The monoisotopic (exact) mass is 255 g/mol. The summed E-state index contributed by atoms with van der Waals surface area (Å²) in [7, 11) is 1.83. The molecule has 17 heavy (non-hydrogen) atoms. The van der Waals surface area contributed by atoms with Gasteiger partial charge in [-0.25, -0.2) is 4.68 Å². The number of halogens is 1. The first kappa shape index (κ1) is 12.1. The number of aliphatic hydroxyl groups is 1. The smallest absolute Gasteiger partial charge is 0.111 e. The molecule has 0 fully saturated rings. The number of rotatable bonds is 3. The quantitative estimate of drug-likeness (QED) is 0.891. The molecule has 0 spiro atoms. The normalized spacial score (nSPS) is 13.0. The van der Waals surface area contributed by atoms with Gasteiger partial charge in [0, 0.05) is 7.05 Å². The molecule has 1 unspecified atom stereocenters. The molecule has 2 heterocycles. The lowest BCUT2D eigenvalue weighted by Gasteiger charge is -2.02. The fourth-order valence-electron chi connectivity index (χ4n) is 1.59. The summed E-state index contributed by atoms with van der Waals surface area (Å²) in [5, 5.41) is 22.0. The molecule has 0 saturated heterocycles. The molecule has 0 radical (unpaired) electrons. The van der Waals surface area contributed by atoms with Gasteiger partial charge in [0.2, 0.25) is 0 Å². The molecule has 6 nitrogen and oxygen atoms in total. The number of hydrogen-bond acceptors (Lipinski definition) is 4. The fourth-order valence-corrected chi connectivity index (χ4v) is 1.81. The van der Waals surface area contributed by atoms with Crippen molar-refractivity contribution in [1.82, 2.24) is 24.8 Å². The van der Waals surface area contributed by atoms with Gasteiger partial charge in [0.1, 0.15) is 5.69 Å². The lowest BCUT2D eigenvalue weighted by Crippen LogP contribution is -2.06. The van der Waals surface area contributed by atoms with Crippen LogP contribution in [0.15, 0.2) is 6.20 Å². The third kappa shape index (κ3) is 2.32. The number of aromatic nitrogens is 5. The summed E-state index contributed by atoms with van der Waals surface area (Å²) >= 11 is 6.14. The van der Waals surface area contributed by atoms with E-state index in [1.165, 1.54) is 0 Å². The lowest BCUT2D eigenvalue weighted by molar-refractivity contribution is 0.194. The Bertz CT molecular complexity index is 531. The Morgan fingerprint density at radius 3 is 2.71 bits per heavy atom. The molecule has 7 heteroatoms. The lowest BCUT2D eigenvalue weighted by atomic mass is 10.3. The summed E-state index contributed by atoms with van der Waals surface area (Å²) < 4.78 is 3.35. The van der Waals surface area contributed by atoms with Gasteiger partial charge in [-0.05, 0) is 13.8 Å². The topological polar surface area (TPSA) is 68.8 Å². The minimum Gasteiger partial charge on any atom is -0.387 e. The predicted molar refractivity (Wildman–Crippen MR) is 62.7 cm³/mol. The largest absolute Gasteiger partial charge is 0.387 e. The third-order valence-corrected chi connectivity index (χ3v) is 3.05. The summed E-state index contributed by atoms with van der Waals surface area (Å²) in [5.74, 6) is 0. The average Bonchev–Trinajstić information content (AvgIpc) is 2.80. The van der Waals surface area contributed by atoms with Gasteiger partial charge in [-0.1, -0.05) is 16.8 Å². The van der Waals surface area contributed by atoms with Crippen LogP contribution in [-0.2, 0) is 13.6 Å². The molecule has 0 aliphatic heterocycles. The van der Waals surface area contributed by atoms with E-state index in [9.17, 15) is 5.11 Å². The molecular weight excluding hydrogens is 242 g/mol. The van der Waals surface area contributed by atoms with Crippen LogP contribution in [0.25, 0.3) is 0 Å². The van der Waals surface area contributed by atoms with Gasteiger partial charge in [0.25, 0.3) is 0 Å². The molecular formula is C10H14ClN5O. The van der Waals surface area contributed by atoms with E-state index in [0.717, 1.165) is 11.4 Å². The number of nitrogens with zero attached hydrogens (tertiary/aromatic N) is 5. The summed E-state index contributed by atoms with van der Waals surface area (Å²) in [6.07, 6.45) is 1.08. The van der Waals surface area contributed by atoms with Crippen molar-refractivity contribution in [3.05, 3.63) is 28.3 Å². The van der Waals surface area contributed by atoms with Crippen LogP contribution in [0.5, 0.6) is 0 Å². The second-order valence-corrected chi connectivity index (χ2v) is 4.36. The summed E-state index contributed by atoms with van der Waals surface area (Å²) in [4.78, 5) is 0. The molecule has 0 aliphatic rings. The highest BCUT2D eigenvalue weighted by molar-refractivity contribution is 6.31. The van der Waals surface area contributed by atoms with E-state index in [4.69, 9.17) is 11.6 Å². The molecule has 0 amide bonds. The molecule has 0 aromatic carbocycles. The van der Waals surface area contributed by atoms with Crippen LogP contribution in [-0.4, -0.2) is 29.9 Å². The van der Waals surface area contributed by atoms with Gasteiger partial charge in [-0.15, -0.1) is 5.10 Å². The first-order valence-electron chi connectivity index (χ1n) is 5.25. The maximum atomic E-state index is 9.36. The zero-order valence-corrected chi connectivity index (χ0v) is 10.7. The Morgan fingerprint density at radius 2 is 2.24 bits per heavy atom. The van der Waals surface area contributed by atoms with Gasteiger partial charge in [-0.2, -0.15) is 5.10 Å². The van der Waals surface area contributed by atoms with Gasteiger partial charge in [0.15, 0.2) is 0 Å². The van der Waals surface area contributed by atoms with Gasteiger partial charge in [0.05, 0.1) is 35.3 Å². The zero-order valence-electron chi connectivity index (χ0n) is 9.92. The van der Waals surface area contributed by atoms with E-state index in [1.54, 1.807) is 22.5 Å². The molecule has 1 atom stereocenters. The van der Waals surface area contributed by atoms with Crippen molar-refractivity contribution in [3.63, 3.8) is 0 Å². The summed E-state index contributed by atoms with van der Waals surface area (Å²) in [5.41, 5.74) is 2.20. The Labute approximate surface area is 104 Å². The molecule has 2 aromatic heterocycles. The van der Waals surface area contributed by atoms with Crippen LogP contribution in [0, 0.1) is 6.92 Å². The third-order valence-electron chi connectivity index (χ3n) is 2.56. The van der Waals surface area contributed by atoms with E-state index >= 15 is 0 Å². The molecule has 92 valence electrons. The SMILES string of the molecule is Cc1nn(C)c(Cn2cc(C(C)O)nn2)c1Cl. The first-order valence-corrected chi connectivity index (χ1v) is 5.63. The second-order valence-electron chi connectivity index (χ2n) is 3.99. The van der Waals surface area contributed by atoms with Gasteiger partial charge in [-0.3, -0.25) is 4.68 Å². The Kier molecular flexibility index (Phi) is 3.17. The Balaban J connectivity index is 2.25. The summed E-state index contributed by atoms with van der Waals surface area (Å²) in [6.45, 7) is 3.99. The van der Waals surface area contributed by atoms with Gasteiger partial charge < -0.3 is 5.11 Å². The highest BCUT2D eigenvalue weighted by Gasteiger charge is 2.13. The fraction of sp³-hybridized carbons (Fsp3) is 0.500. The predicted octanol–water partition coefficient (Wildman–Crippen LogP) is 1.08. The van der Waals surface area contributed by atoms with E-state index in [1.807, 2.05) is 14.0 Å². The van der Waals surface area contributed by atoms with Crippen molar-refractivity contribution in [2.75, 3.05) is 0 Å². The summed E-state index contributed by atoms with van der Waals surface area (Å²) in [6, 6.07) is 0. The molecule has 1 N–H and O–H groups in total. The molecule has 0 bridgehead atoms. The van der Waals surface area contributed by atoms with Crippen molar-refractivity contribution in [1.29, 1.82) is 0 Å². The first-order chi connectivity index (χ1) is 7.99. The van der Waals surface area contributed by atoms with Crippen LogP contribution in [0.3, 0.4) is 0 Å². The van der Waals surface area contributed by atoms with E-state index in [0.29, 0.717) is 17.3 Å². The minimum atomic E-state index is -0.618. The van der Waals surface area contributed by atoms with Crippen LogP contribution < -0.4 is 0 Å².